The molecule has 0 fully saturated rings. The van der Waals surface area contributed by atoms with Gasteiger partial charge in [-0.1, -0.05) is 12.1 Å². The minimum Gasteiger partial charge on any atom is -0.399 e. The normalized spacial score (nSPS) is 9.85. The number of pyridine rings is 1. The molecule has 0 aliphatic rings. The first-order valence-electron chi connectivity index (χ1n) is 4.18. The lowest BCUT2D eigenvalue weighted by Gasteiger charge is -1.95. The summed E-state index contributed by atoms with van der Waals surface area (Å²) in [5, 5.41) is 0. The average molecular weight is 171 g/mol. The standard InChI is InChI=1S/C11H11N2/c12-10-5-4-6-11(9-10)13-7-2-1-3-8-13/h1-9H,12H2/q+1. The van der Waals surface area contributed by atoms with Crippen LogP contribution in [-0.4, -0.2) is 0 Å². The van der Waals surface area contributed by atoms with Gasteiger partial charge in [-0.15, -0.1) is 0 Å². The van der Waals surface area contributed by atoms with Crippen LogP contribution in [0.5, 0.6) is 0 Å². The van der Waals surface area contributed by atoms with Gasteiger partial charge in [-0.25, -0.2) is 0 Å². The Morgan fingerprint density at radius 2 is 1.69 bits per heavy atom. The zero-order valence-electron chi connectivity index (χ0n) is 7.22. The predicted molar refractivity (Wildman–Crippen MR) is 52.4 cm³/mol. The van der Waals surface area contributed by atoms with Gasteiger partial charge in [0.25, 0.3) is 0 Å². The van der Waals surface area contributed by atoms with Gasteiger partial charge in [-0.2, -0.15) is 4.57 Å². The number of nitrogens with two attached hydrogens (primary N) is 1. The molecule has 0 saturated heterocycles. The number of rotatable bonds is 1. The van der Waals surface area contributed by atoms with E-state index in [0.29, 0.717) is 0 Å². The van der Waals surface area contributed by atoms with Crippen molar-refractivity contribution in [2.24, 2.45) is 0 Å². The third-order valence-electron chi connectivity index (χ3n) is 1.88. The van der Waals surface area contributed by atoms with Gasteiger partial charge >= 0.3 is 0 Å². The molecule has 0 radical (unpaired) electrons. The average Bonchev–Trinajstić information content (AvgIpc) is 2.19. The Morgan fingerprint density at radius 1 is 0.923 bits per heavy atom. The van der Waals surface area contributed by atoms with Crippen molar-refractivity contribution in [3.63, 3.8) is 0 Å². The van der Waals surface area contributed by atoms with Crippen molar-refractivity contribution in [1.29, 1.82) is 0 Å². The molecule has 0 amide bonds. The largest absolute Gasteiger partial charge is 0.399 e. The molecule has 2 rings (SSSR count). The van der Waals surface area contributed by atoms with E-state index in [4.69, 9.17) is 5.73 Å². The van der Waals surface area contributed by atoms with Crippen LogP contribution < -0.4 is 10.3 Å². The van der Waals surface area contributed by atoms with Crippen LogP contribution in [-0.2, 0) is 0 Å². The number of nitrogens with zero attached hydrogens (tertiary/aromatic N) is 1. The lowest BCUT2D eigenvalue weighted by Crippen LogP contribution is -2.28. The molecule has 0 atom stereocenters. The van der Waals surface area contributed by atoms with Crippen molar-refractivity contribution >= 4 is 5.69 Å². The molecule has 1 aromatic heterocycles. The summed E-state index contributed by atoms with van der Waals surface area (Å²) in [5.74, 6) is 0. The molecule has 1 heterocycles. The topological polar surface area (TPSA) is 29.9 Å². The third-order valence-corrected chi connectivity index (χ3v) is 1.88. The van der Waals surface area contributed by atoms with Gasteiger partial charge in [0.2, 0.25) is 5.69 Å². The zero-order valence-corrected chi connectivity index (χ0v) is 7.22. The van der Waals surface area contributed by atoms with E-state index in [9.17, 15) is 0 Å². The monoisotopic (exact) mass is 171 g/mol. The second-order valence-electron chi connectivity index (χ2n) is 2.88. The summed E-state index contributed by atoms with van der Waals surface area (Å²) in [7, 11) is 0. The molecule has 0 aliphatic carbocycles. The molecule has 2 N–H and O–H groups in total. The number of hydrogen-bond acceptors (Lipinski definition) is 1. The lowest BCUT2D eigenvalue weighted by atomic mass is 10.3. The highest BCUT2D eigenvalue weighted by molar-refractivity contribution is 5.43. The smallest absolute Gasteiger partial charge is 0.212 e. The van der Waals surface area contributed by atoms with Crippen LogP contribution in [0.15, 0.2) is 54.9 Å². The summed E-state index contributed by atoms with van der Waals surface area (Å²) < 4.78 is 2.02. The van der Waals surface area contributed by atoms with Crippen LogP contribution in [0.1, 0.15) is 0 Å². The van der Waals surface area contributed by atoms with Gasteiger partial charge < -0.3 is 5.73 Å². The molecule has 2 heteroatoms. The highest BCUT2D eigenvalue weighted by Gasteiger charge is 2.02. The Labute approximate surface area is 77.3 Å². The number of anilines is 1. The van der Waals surface area contributed by atoms with E-state index in [-0.39, 0.29) is 0 Å². The van der Waals surface area contributed by atoms with Crippen molar-refractivity contribution in [3.05, 3.63) is 54.9 Å². The highest BCUT2D eigenvalue weighted by atomic mass is 14.9. The molecule has 0 spiro atoms. The Morgan fingerprint density at radius 3 is 2.38 bits per heavy atom. The van der Waals surface area contributed by atoms with Gasteiger partial charge in [0, 0.05) is 30.0 Å². The van der Waals surface area contributed by atoms with E-state index >= 15 is 0 Å². The second-order valence-corrected chi connectivity index (χ2v) is 2.88. The maximum Gasteiger partial charge on any atom is 0.212 e. The summed E-state index contributed by atoms with van der Waals surface area (Å²) in [6.07, 6.45) is 3.99. The van der Waals surface area contributed by atoms with E-state index < -0.39 is 0 Å². The number of benzene rings is 1. The van der Waals surface area contributed by atoms with Crippen molar-refractivity contribution in [3.8, 4) is 5.69 Å². The highest BCUT2D eigenvalue weighted by Crippen LogP contribution is 2.05. The lowest BCUT2D eigenvalue weighted by molar-refractivity contribution is -0.595. The summed E-state index contributed by atoms with van der Waals surface area (Å²) in [5.41, 5.74) is 7.55. The fourth-order valence-corrected chi connectivity index (χ4v) is 1.26. The molecule has 2 nitrogen and oxygen atoms in total. The molecule has 2 aromatic rings. The van der Waals surface area contributed by atoms with E-state index in [1.165, 1.54) is 0 Å². The van der Waals surface area contributed by atoms with Crippen molar-refractivity contribution in [2.45, 2.75) is 0 Å². The van der Waals surface area contributed by atoms with Gasteiger partial charge in [-0.3, -0.25) is 0 Å². The van der Waals surface area contributed by atoms with Crippen molar-refractivity contribution in [1.82, 2.24) is 0 Å². The van der Waals surface area contributed by atoms with Crippen LogP contribution in [0.4, 0.5) is 5.69 Å². The van der Waals surface area contributed by atoms with Gasteiger partial charge in [0.1, 0.15) is 0 Å². The third kappa shape index (κ3) is 1.67. The minimum absolute atomic E-state index is 0.786. The first-order valence-corrected chi connectivity index (χ1v) is 4.18. The fraction of sp³-hybridized carbons (Fsp3) is 0. The maximum atomic E-state index is 5.68. The van der Waals surface area contributed by atoms with Crippen LogP contribution in [0.3, 0.4) is 0 Å². The zero-order chi connectivity index (χ0) is 9.10. The van der Waals surface area contributed by atoms with Crippen molar-refractivity contribution in [2.75, 3.05) is 5.73 Å². The van der Waals surface area contributed by atoms with Gasteiger partial charge in [0.05, 0.1) is 0 Å². The SMILES string of the molecule is Nc1cccc(-[n+]2ccccc2)c1. The Bertz CT molecular complexity index is 396. The summed E-state index contributed by atoms with van der Waals surface area (Å²) in [6, 6.07) is 13.8. The number of hydrogen-bond donors (Lipinski definition) is 1. The Hall–Kier alpha value is -1.83. The predicted octanol–water partition coefficient (Wildman–Crippen LogP) is 1.55. The first kappa shape index (κ1) is 7.80. The molecule has 0 aliphatic heterocycles. The Balaban J connectivity index is 2.48. The molecular formula is C11H11N2+. The quantitative estimate of drug-likeness (QED) is 0.512. The molecular weight excluding hydrogens is 160 g/mol. The molecule has 1 aromatic carbocycles. The van der Waals surface area contributed by atoms with Gasteiger partial charge in [0.15, 0.2) is 12.4 Å². The Kier molecular flexibility index (Phi) is 1.96. The minimum atomic E-state index is 0.786. The summed E-state index contributed by atoms with van der Waals surface area (Å²) in [6.45, 7) is 0. The summed E-state index contributed by atoms with van der Waals surface area (Å²) in [4.78, 5) is 0. The first-order chi connectivity index (χ1) is 6.36. The molecule has 0 saturated carbocycles. The van der Waals surface area contributed by atoms with Crippen LogP contribution in [0, 0.1) is 0 Å². The van der Waals surface area contributed by atoms with E-state index in [1.54, 1.807) is 0 Å². The molecule has 64 valence electrons. The fourth-order valence-electron chi connectivity index (χ4n) is 1.26. The number of nitrogen functional groups attached to an aromatic ring is 1. The van der Waals surface area contributed by atoms with Crippen LogP contribution >= 0.6 is 0 Å². The van der Waals surface area contributed by atoms with Crippen molar-refractivity contribution < 1.29 is 4.57 Å². The number of aromatic nitrogens is 1. The second kappa shape index (κ2) is 3.27. The van der Waals surface area contributed by atoms with E-state index in [1.807, 2.05) is 59.4 Å². The van der Waals surface area contributed by atoms with Crippen LogP contribution in [0.25, 0.3) is 5.69 Å². The molecule has 0 bridgehead atoms. The molecule has 0 unspecified atom stereocenters. The summed E-state index contributed by atoms with van der Waals surface area (Å²) >= 11 is 0. The van der Waals surface area contributed by atoms with Crippen LogP contribution in [0.2, 0.25) is 0 Å². The van der Waals surface area contributed by atoms with Gasteiger partial charge in [-0.05, 0) is 6.07 Å². The molecule has 13 heavy (non-hydrogen) atoms. The maximum absolute atomic E-state index is 5.68. The van der Waals surface area contributed by atoms with E-state index in [2.05, 4.69) is 0 Å². The van der Waals surface area contributed by atoms with E-state index in [0.717, 1.165) is 11.4 Å².